The fraction of sp³-hybridized carbons (Fsp3) is 0.292. The van der Waals surface area contributed by atoms with Gasteiger partial charge in [0.05, 0.1) is 23.6 Å². The molecule has 4 aromatic rings. The third-order valence-electron chi connectivity index (χ3n) is 6.02. The van der Waals surface area contributed by atoms with Crippen molar-refractivity contribution in [3.05, 3.63) is 72.8 Å². The van der Waals surface area contributed by atoms with E-state index in [4.69, 9.17) is 0 Å². The first-order valence-corrected chi connectivity index (χ1v) is 10.8. The van der Waals surface area contributed by atoms with E-state index in [-0.39, 0.29) is 5.91 Å². The molecule has 1 N–H and O–H groups in total. The molecule has 3 aromatic heterocycles. The number of aryl methyl sites for hydroxylation is 1. The summed E-state index contributed by atoms with van der Waals surface area (Å²) in [6, 6.07) is 13.8. The first kappa shape index (κ1) is 20.3. The van der Waals surface area contributed by atoms with Gasteiger partial charge in [0, 0.05) is 63.2 Å². The number of pyridine rings is 1. The van der Waals surface area contributed by atoms with Crippen LogP contribution in [0.1, 0.15) is 5.56 Å². The number of aliphatic hydroxyl groups is 1. The zero-order chi connectivity index (χ0) is 22.1. The van der Waals surface area contributed by atoms with Crippen molar-refractivity contribution in [2.45, 2.75) is 12.5 Å². The Morgan fingerprint density at radius 1 is 0.969 bits per heavy atom. The molecule has 1 atom stereocenters. The van der Waals surface area contributed by atoms with Gasteiger partial charge in [0.25, 0.3) is 5.91 Å². The van der Waals surface area contributed by atoms with Crippen molar-refractivity contribution in [3.63, 3.8) is 0 Å². The molecule has 1 amide bonds. The molecule has 5 rings (SSSR count). The molecule has 4 heterocycles. The summed E-state index contributed by atoms with van der Waals surface area (Å²) >= 11 is 0. The summed E-state index contributed by atoms with van der Waals surface area (Å²) in [6.45, 7) is 2.57. The lowest BCUT2D eigenvalue weighted by Gasteiger charge is -2.36. The van der Waals surface area contributed by atoms with Crippen LogP contribution in [0, 0.1) is 0 Å². The van der Waals surface area contributed by atoms with Crippen molar-refractivity contribution in [1.82, 2.24) is 24.3 Å². The average molecular weight is 431 g/mol. The van der Waals surface area contributed by atoms with Crippen LogP contribution in [0.3, 0.4) is 0 Å². The Labute approximate surface area is 186 Å². The van der Waals surface area contributed by atoms with E-state index in [0.717, 1.165) is 27.9 Å². The van der Waals surface area contributed by atoms with Crippen LogP contribution >= 0.6 is 0 Å². The molecule has 1 aliphatic rings. The van der Waals surface area contributed by atoms with E-state index in [1.165, 1.54) is 0 Å². The highest BCUT2D eigenvalue weighted by molar-refractivity contribution is 5.81. The van der Waals surface area contributed by atoms with Gasteiger partial charge in [-0.3, -0.25) is 9.48 Å². The Hall–Kier alpha value is -3.65. The first-order chi connectivity index (χ1) is 15.6. The number of hydrogen-bond acceptors (Lipinski definition) is 5. The molecule has 0 spiro atoms. The third-order valence-corrected chi connectivity index (χ3v) is 6.02. The number of piperazine rings is 1. The number of nitrogens with zero attached hydrogens (tertiary/aromatic N) is 6. The Kier molecular flexibility index (Phi) is 5.36. The van der Waals surface area contributed by atoms with Crippen LogP contribution in [0.25, 0.3) is 16.6 Å². The molecule has 1 aliphatic heterocycles. The molecule has 0 unspecified atom stereocenters. The standard InChI is InChI=1S/C24H26N6O2/c1-27-16-20(14-25-27)19-7-8-21-22(15-26-30(21)17-19)28-9-11-29(12-10-28)24(32)23(31)13-18-5-3-2-4-6-18/h2-8,14-17,23,31H,9-13H2,1H3/t23-/m1/s1. The Balaban J connectivity index is 1.24. The topological polar surface area (TPSA) is 78.9 Å². The molecule has 0 saturated carbocycles. The summed E-state index contributed by atoms with van der Waals surface area (Å²) in [7, 11) is 1.90. The maximum Gasteiger partial charge on any atom is 0.251 e. The molecular formula is C24H26N6O2. The predicted octanol–water partition coefficient (Wildman–Crippen LogP) is 1.99. The maximum atomic E-state index is 12.7. The van der Waals surface area contributed by atoms with Crippen LogP contribution < -0.4 is 4.90 Å². The number of fused-ring (bicyclic) bond motifs is 1. The van der Waals surface area contributed by atoms with Crippen molar-refractivity contribution in [3.8, 4) is 11.1 Å². The van der Waals surface area contributed by atoms with Crippen LogP contribution in [0.4, 0.5) is 5.69 Å². The second kappa shape index (κ2) is 8.47. The molecule has 0 radical (unpaired) electrons. The Morgan fingerprint density at radius 3 is 2.47 bits per heavy atom. The molecule has 0 bridgehead atoms. The van der Waals surface area contributed by atoms with Crippen LogP contribution in [-0.2, 0) is 18.3 Å². The van der Waals surface area contributed by atoms with E-state index in [9.17, 15) is 9.90 Å². The highest BCUT2D eigenvalue weighted by atomic mass is 16.3. The fourth-order valence-corrected chi connectivity index (χ4v) is 4.26. The smallest absolute Gasteiger partial charge is 0.251 e. The summed E-state index contributed by atoms with van der Waals surface area (Å²) in [5.41, 5.74) is 5.15. The quantitative estimate of drug-likeness (QED) is 0.524. The van der Waals surface area contributed by atoms with Crippen LogP contribution in [0.15, 0.2) is 67.3 Å². The van der Waals surface area contributed by atoms with Gasteiger partial charge >= 0.3 is 0 Å². The van der Waals surface area contributed by atoms with Crippen molar-refractivity contribution >= 4 is 17.1 Å². The lowest BCUT2D eigenvalue weighted by molar-refractivity contribution is -0.140. The van der Waals surface area contributed by atoms with Crippen molar-refractivity contribution in [2.75, 3.05) is 31.1 Å². The van der Waals surface area contributed by atoms with Crippen molar-refractivity contribution in [2.24, 2.45) is 7.05 Å². The van der Waals surface area contributed by atoms with Gasteiger partial charge in [0.1, 0.15) is 6.10 Å². The fourth-order valence-electron chi connectivity index (χ4n) is 4.26. The molecule has 1 aromatic carbocycles. The van der Waals surface area contributed by atoms with Gasteiger partial charge in [0.15, 0.2) is 0 Å². The number of anilines is 1. The van der Waals surface area contributed by atoms with Crippen LogP contribution in [0.5, 0.6) is 0 Å². The second-order valence-electron chi connectivity index (χ2n) is 8.20. The van der Waals surface area contributed by atoms with E-state index in [2.05, 4.69) is 27.2 Å². The van der Waals surface area contributed by atoms with Crippen molar-refractivity contribution < 1.29 is 9.90 Å². The molecular weight excluding hydrogens is 404 g/mol. The summed E-state index contributed by atoms with van der Waals surface area (Å²) in [5, 5.41) is 19.2. The van der Waals surface area contributed by atoms with E-state index in [1.54, 1.807) is 9.58 Å². The van der Waals surface area contributed by atoms with E-state index in [1.807, 2.05) is 66.7 Å². The van der Waals surface area contributed by atoms with Crippen molar-refractivity contribution in [1.29, 1.82) is 0 Å². The number of carbonyl (C=O) groups excluding carboxylic acids is 1. The summed E-state index contributed by atoms with van der Waals surface area (Å²) in [4.78, 5) is 16.7. The van der Waals surface area contributed by atoms with E-state index in [0.29, 0.717) is 32.6 Å². The SMILES string of the molecule is Cn1cc(-c2ccc3c(N4CCN(C(=O)[C@H](O)Cc5ccccc5)CC4)cnn3c2)cn1. The average Bonchev–Trinajstić information content (AvgIpc) is 3.45. The van der Waals surface area contributed by atoms with Gasteiger partial charge in [-0.05, 0) is 11.6 Å². The summed E-state index contributed by atoms with van der Waals surface area (Å²) < 4.78 is 3.67. The van der Waals surface area contributed by atoms with Gasteiger partial charge in [-0.25, -0.2) is 4.52 Å². The minimum atomic E-state index is -1.01. The molecule has 0 aliphatic carbocycles. The largest absolute Gasteiger partial charge is 0.383 e. The van der Waals surface area contributed by atoms with Crippen LogP contribution in [-0.4, -0.2) is 67.6 Å². The van der Waals surface area contributed by atoms with Gasteiger partial charge in [-0.15, -0.1) is 0 Å². The van der Waals surface area contributed by atoms with Crippen LogP contribution in [0.2, 0.25) is 0 Å². The molecule has 164 valence electrons. The Bertz CT molecular complexity index is 1220. The number of aromatic nitrogens is 4. The first-order valence-electron chi connectivity index (χ1n) is 10.8. The van der Waals surface area contributed by atoms with Gasteiger partial charge in [-0.1, -0.05) is 36.4 Å². The van der Waals surface area contributed by atoms with Gasteiger partial charge in [-0.2, -0.15) is 10.2 Å². The number of benzene rings is 1. The highest BCUT2D eigenvalue weighted by Crippen LogP contribution is 2.26. The number of aliphatic hydroxyl groups excluding tert-OH is 1. The normalized spacial score (nSPS) is 15.3. The number of hydrogen-bond donors (Lipinski definition) is 1. The molecule has 32 heavy (non-hydrogen) atoms. The Morgan fingerprint density at radius 2 is 1.75 bits per heavy atom. The van der Waals surface area contributed by atoms with Gasteiger partial charge in [0.2, 0.25) is 0 Å². The second-order valence-corrected chi connectivity index (χ2v) is 8.20. The molecule has 1 fully saturated rings. The molecule has 8 heteroatoms. The summed E-state index contributed by atoms with van der Waals surface area (Å²) in [5.74, 6) is -0.200. The number of rotatable bonds is 5. The zero-order valence-corrected chi connectivity index (χ0v) is 18.0. The number of carbonyl (C=O) groups is 1. The lowest BCUT2D eigenvalue weighted by Crippen LogP contribution is -2.51. The lowest BCUT2D eigenvalue weighted by atomic mass is 10.1. The molecule has 8 nitrogen and oxygen atoms in total. The third kappa shape index (κ3) is 3.97. The van der Waals surface area contributed by atoms with E-state index < -0.39 is 6.10 Å². The monoisotopic (exact) mass is 430 g/mol. The minimum Gasteiger partial charge on any atom is -0.383 e. The summed E-state index contributed by atoms with van der Waals surface area (Å²) in [6.07, 6.45) is 7.04. The molecule has 1 saturated heterocycles. The van der Waals surface area contributed by atoms with E-state index >= 15 is 0 Å². The van der Waals surface area contributed by atoms with Gasteiger partial charge < -0.3 is 14.9 Å². The predicted molar refractivity (Wildman–Crippen MR) is 122 cm³/mol. The minimum absolute atomic E-state index is 0.200. The maximum absolute atomic E-state index is 12.7. The highest BCUT2D eigenvalue weighted by Gasteiger charge is 2.27. The zero-order valence-electron chi connectivity index (χ0n) is 18.0. The number of amides is 1.